The van der Waals surface area contributed by atoms with E-state index in [4.69, 9.17) is 10.5 Å². The molecule has 3 heterocycles. The lowest BCUT2D eigenvalue weighted by Gasteiger charge is -2.21. The fraction of sp³-hybridized carbons (Fsp3) is 0.217. The normalized spacial score (nSPS) is 14.7. The molecule has 4 aromatic rings. The highest BCUT2D eigenvalue weighted by Gasteiger charge is 2.25. The van der Waals surface area contributed by atoms with E-state index in [2.05, 4.69) is 15.4 Å². The Bertz CT molecular complexity index is 1240. The molecule has 0 spiro atoms. The molecule has 0 aliphatic carbocycles. The van der Waals surface area contributed by atoms with Gasteiger partial charge in [0.25, 0.3) is 5.91 Å². The number of carbonyl (C=O) groups excluding carboxylic acids is 1. The van der Waals surface area contributed by atoms with Crippen molar-refractivity contribution in [1.82, 2.24) is 19.9 Å². The summed E-state index contributed by atoms with van der Waals surface area (Å²) in [5, 5.41) is 7.81. The number of halogens is 1. The van der Waals surface area contributed by atoms with E-state index in [-0.39, 0.29) is 5.75 Å². The van der Waals surface area contributed by atoms with Gasteiger partial charge in [-0.2, -0.15) is 5.10 Å². The molecule has 8 heteroatoms. The van der Waals surface area contributed by atoms with Gasteiger partial charge in [0.05, 0.1) is 11.9 Å². The van der Waals surface area contributed by atoms with E-state index in [1.807, 2.05) is 6.20 Å². The Balaban J connectivity index is 1.50. The van der Waals surface area contributed by atoms with Crippen molar-refractivity contribution < 1.29 is 13.9 Å². The summed E-state index contributed by atoms with van der Waals surface area (Å²) in [5.74, 6) is 0.0216. The van der Waals surface area contributed by atoms with Crippen molar-refractivity contribution in [3.05, 3.63) is 71.8 Å². The number of amides is 1. The van der Waals surface area contributed by atoms with Gasteiger partial charge in [-0.3, -0.25) is 4.79 Å². The van der Waals surface area contributed by atoms with E-state index < -0.39 is 11.7 Å². The molecule has 4 N–H and O–H groups in total. The molecule has 158 valence electrons. The molecule has 7 nitrogen and oxygen atoms in total. The lowest BCUT2D eigenvalue weighted by Crippen LogP contribution is -2.26. The number of nitrogens with two attached hydrogens (primary N) is 1. The van der Waals surface area contributed by atoms with Crippen molar-refractivity contribution >= 4 is 11.6 Å². The molecule has 0 radical (unpaired) electrons. The van der Waals surface area contributed by atoms with Crippen molar-refractivity contribution in [2.75, 3.05) is 13.1 Å². The number of nitrogens with one attached hydrogen (secondary N) is 2. The lowest BCUT2D eigenvalue weighted by molar-refractivity contribution is 0.0994. The topological polar surface area (TPSA) is 97.4 Å². The summed E-state index contributed by atoms with van der Waals surface area (Å²) in [5.41, 5.74) is 9.25. The van der Waals surface area contributed by atoms with Crippen molar-refractivity contribution in [3.8, 4) is 22.8 Å². The van der Waals surface area contributed by atoms with Gasteiger partial charge in [-0.25, -0.2) is 8.91 Å². The second-order valence-corrected chi connectivity index (χ2v) is 7.65. The van der Waals surface area contributed by atoms with E-state index in [9.17, 15) is 9.18 Å². The highest BCUT2D eigenvalue weighted by molar-refractivity contribution is 5.98. The maximum absolute atomic E-state index is 13.8. The molecule has 0 bridgehead atoms. The lowest BCUT2D eigenvalue weighted by atomic mass is 9.92. The van der Waals surface area contributed by atoms with Crippen LogP contribution in [0.3, 0.4) is 0 Å². The van der Waals surface area contributed by atoms with Crippen molar-refractivity contribution in [2.45, 2.75) is 18.8 Å². The first-order valence-corrected chi connectivity index (χ1v) is 10.2. The fourth-order valence-corrected chi connectivity index (χ4v) is 4.15. The third kappa shape index (κ3) is 3.55. The number of benzene rings is 2. The third-order valence-electron chi connectivity index (χ3n) is 5.71. The summed E-state index contributed by atoms with van der Waals surface area (Å²) in [6, 6.07) is 13.3. The van der Waals surface area contributed by atoms with E-state index >= 15 is 0 Å². The second kappa shape index (κ2) is 7.88. The smallest absolute Gasteiger partial charge is 0.269 e. The number of aromatic amines is 1. The van der Waals surface area contributed by atoms with Crippen LogP contribution in [0.25, 0.3) is 16.9 Å². The Morgan fingerprint density at radius 3 is 2.58 bits per heavy atom. The largest absolute Gasteiger partial charge is 0.454 e. The van der Waals surface area contributed by atoms with Gasteiger partial charge >= 0.3 is 0 Å². The summed E-state index contributed by atoms with van der Waals surface area (Å²) in [4.78, 5) is 15.6. The number of ether oxygens (including phenoxy) is 1. The van der Waals surface area contributed by atoms with Crippen LogP contribution >= 0.6 is 0 Å². The molecule has 1 saturated heterocycles. The molecule has 31 heavy (non-hydrogen) atoms. The number of imidazole rings is 1. The van der Waals surface area contributed by atoms with Crippen molar-refractivity contribution in [3.63, 3.8) is 0 Å². The van der Waals surface area contributed by atoms with Gasteiger partial charge in [0.1, 0.15) is 11.4 Å². The summed E-state index contributed by atoms with van der Waals surface area (Å²) in [7, 11) is 0. The molecule has 1 fully saturated rings. The maximum Gasteiger partial charge on any atom is 0.269 e. The number of carbonyl (C=O) groups is 1. The average Bonchev–Trinajstić information content (AvgIpc) is 3.36. The SMILES string of the molecule is NC(=O)c1c(-c2ccc(Oc3ccccc3F)cc2)[nH]c2c(C3CCNCC3)cnn12. The first-order valence-electron chi connectivity index (χ1n) is 10.2. The first-order chi connectivity index (χ1) is 15.1. The van der Waals surface area contributed by atoms with Crippen LogP contribution in [0.5, 0.6) is 11.5 Å². The van der Waals surface area contributed by atoms with Gasteiger partial charge in [0.15, 0.2) is 17.3 Å². The van der Waals surface area contributed by atoms with E-state index in [1.165, 1.54) is 6.07 Å². The van der Waals surface area contributed by atoms with Crippen LogP contribution in [0.15, 0.2) is 54.7 Å². The van der Waals surface area contributed by atoms with Crippen LogP contribution < -0.4 is 15.8 Å². The summed E-state index contributed by atoms with van der Waals surface area (Å²) >= 11 is 0. The zero-order valence-corrected chi connectivity index (χ0v) is 16.8. The number of hydrogen-bond donors (Lipinski definition) is 3. The molecule has 1 aliphatic rings. The average molecular weight is 419 g/mol. The summed E-state index contributed by atoms with van der Waals surface area (Å²) in [6.45, 7) is 1.92. The maximum atomic E-state index is 13.8. The van der Waals surface area contributed by atoms with Crippen LogP contribution in [-0.2, 0) is 0 Å². The molecule has 5 rings (SSSR count). The van der Waals surface area contributed by atoms with Gasteiger partial charge in [0.2, 0.25) is 0 Å². The molecular formula is C23H22FN5O2. The molecule has 2 aromatic carbocycles. The Labute approximate surface area is 178 Å². The minimum Gasteiger partial charge on any atom is -0.454 e. The quantitative estimate of drug-likeness (QED) is 0.458. The molecule has 2 aromatic heterocycles. The minimum atomic E-state index is -0.562. The molecule has 0 atom stereocenters. The van der Waals surface area contributed by atoms with Crippen LogP contribution in [-0.4, -0.2) is 33.6 Å². The fourth-order valence-electron chi connectivity index (χ4n) is 4.15. The van der Waals surface area contributed by atoms with Gasteiger partial charge in [-0.15, -0.1) is 0 Å². The van der Waals surface area contributed by atoms with Crippen LogP contribution in [0.2, 0.25) is 0 Å². The van der Waals surface area contributed by atoms with Crippen LogP contribution in [0, 0.1) is 5.82 Å². The Morgan fingerprint density at radius 1 is 1.13 bits per heavy atom. The number of H-pyrrole nitrogens is 1. The van der Waals surface area contributed by atoms with E-state index in [0.29, 0.717) is 23.1 Å². The third-order valence-corrected chi connectivity index (χ3v) is 5.71. The van der Waals surface area contributed by atoms with Crippen LogP contribution in [0.1, 0.15) is 34.8 Å². The molecule has 1 aliphatic heterocycles. The van der Waals surface area contributed by atoms with Gasteiger partial charge in [-0.1, -0.05) is 12.1 Å². The molecule has 0 saturated carbocycles. The van der Waals surface area contributed by atoms with Gasteiger partial charge in [-0.05, 0) is 68.2 Å². The Morgan fingerprint density at radius 2 is 1.87 bits per heavy atom. The monoisotopic (exact) mass is 419 g/mol. The number of fused-ring (bicyclic) bond motifs is 1. The number of rotatable bonds is 5. The van der Waals surface area contributed by atoms with Crippen molar-refractivity contribution in [2.24, 2.45) is 5.73 Å². The first kappa shape index (κ1) is 19.3. The Kier molecular flexibility index (Phi) is 4.91. The number of nitrogens with zero attached hydrogens (tertiary/aromatic N) is 2. The van der Waals surface area contributed by atoms with Crippen molar-refractivity contribution in [1.29, 1.82) is 0 Å². The Hall–Kier alpha value is -3.65. The van der Waals surface area contributed by atoms with Gasteiger partial charge in [0, 0.05) is 11.1 Å². The molecule has 0 unspecified atom stereocenters. The highest BCUT2D eigenvalue weighted by Crippen LogP contribution is 2.33. The number of para-hydroxylation sites is 1. The highest BCUT2D eigenvalue weighted by atomic mass is 19.1. The standard InChI is InChI=1S/C23H22FN5O2/c24-18-3-1-2-4-19(18)31-16-7-5-15(6-8-16)20-21(22(25)30)29-23(28-20)17(13-27-29)14-9-11-26-12-10-14/h1-8,13-14,26,28H,9-12H2,(H2,25,30). The number of piperidine rings is 1. The van der Waals surface area contributed by atoms with Crippen LogP contribution in [0.4, 0.5) is 4.39 Å². The minimum absolute atomic E-state index is 0.151. The number of primary amides is 1. The second-order valence-electron chi connectivity index (χ2n) is 7.65. The molecular weight excluding hydrogens is 397 g/mol. The number of aromatic nitrogens is 3. The number of hydrogen-bond acceptors (Lipinski definition) is 4. The summed E-state index contributed by atoms with van der Waals surface area (Å²) < 4.78 is 21.1. The molecule has 1 amide bonds. The zero-order valence-electron chi connectivity index (χ0n) is 16.8. The predicted molar refractivity (Wildman–Crippen MR) is 115 cm³/mol. The van der Waals surface area contributed by atoms with Gasteiger partial charge < -0.3 is 20.8 Å². The zero-order chi connectivity index (χ0) is 21.4. The predicted octanol–water partition coefficient (Wildman–Crippen LogP) is 3.83. The van der Waals surface area contributed by atoms with E-state index in [1.54, 1.807) is 47.0 Å². The van der Waals surface area contributed by atoms with E-state index in [0.717, 1.165) is 42.7 Å². The summed E-state index contributed by atoms with van der Waals surface area (Å²) in [6.07, 6.45) is 3.86.